The van der Waals surface area contributed by atoms with Gasteiger partial charge in [0.25, 0.3) is 0 Å². The van der Waals surface area contributed by atoms with Crippen LogP contribution in [0.1, 0.15) is 18.1 Å². The average molecular weight is 314 g/mol. The molecule has 0 amide bonds. The molecule has 0 saturated heterocycles. The molecule has 2 rings (SSSR count). The Morgan fingerprint density at radius 3 is 2.33 bits per heavy atom. The van der Waals surface area contributed by atoms with Gasteiger partial charge in [-0.3, -0.25) is 0 Å². The molecule has 0 spiro atoms. The van der Waals surface area contributed by atoms with Crippen LogP contribution in [0.3, 0.4) is 0 Å². The Kier molecular flexibility index (Phi) is 5.26. The summed E-state index contributed by atoms with van der Waals surface area (Å²) in [6.07, 6.45) is 0.686. The van der Waals surface area contributed by atoms with E-state index in [-0.39, 0.29) is 12.6 Å². The van der Waals surface area contributed by atoms with E-state index in [1.807, 2.05) is 31.2 Å². The van der Waals surface area contributed by atoms with Crippen molar-refractivity contribution in [1.29, 1.82) is 0 Å². The first kappa shape index (κ1) is 15.9. The molecule has 0 radical (unpaired) electrons. The van der Waals surface area contributed by atoms with Crippen molar-refractivity contribution in [2.24, 2.45) is 0 Å². The predicted octanol–water partition coefficient (Wildman–Crippen LogP) is 4.48. The van der Waals surface area contributed by atoms with Crippen molar-refractivity contribution in [3.63, 3.8) is 0 Å². The molecule has 2 aromatic rings. The number of halogens is 4. The van der Waals surface area contributed by atoms with Crippen molar-refractivity contribution >= 4 is 11.6 Å². The van der Waals surface area contributed by atoms with Crippen molar-refractivity contribution in [1.82, 2.24) is 5.32 Å². The van der Waals surface area contributed by atoms with Crippen molar-refractivity contribution in [3.8, 4) is 0 Å². The zero-order chi connectivity index (χ0) is 15.4. The van der Waals surface area contributed by atoms with Crippen LogP contribution in [0, 0.1) is 17.5 Å². The zero-order valence-electron chi connectivity index (χ0n) is 11.5. The van der Waals surface area contributed by atoms with Crippen LogP contribution >= 0.6 is 11.6 Å². The number of hydrogen-bond acceptors (Lipinski definition) is 1. The van der Waals surface area contributed by atoms with E-state index < -0.39 is 17.5 Å². The van der Waals surface area contributed by atoms with Gasteiger partial charge in [-0.25, -0.2) is 13.2 Å². The summed E-state index contributed by atoms with van der Waals surface area (Å²) in [5, 5.41) is 3.82. The van der Waals surface area contributed by atoms with E-state index in [4.69, 9.17) is 11.6 Å². The molecule has 0 aliphatic rings. The van der Waals surface area contributed by atoms with Crippen LogP contribution in [0.4, 0.5) is 13.2 Å². The molecule has 0 aromatic heterocycles. The van der Waals surface area contributed by atoms with E-state index in [1.165, 1.54) is 0 Å². The molecule has 0 aliphatic heterocycles. The SMILES string of the molecule is CC(Cc1ccccc1Cl)NCc1cc(F)c(F)c(F)c1. The summed E-state index contributed by atoms with van der Waals surface area (Å²) >= 11 is 6.08. The average Bonchev–Trinajstić information content (AvgIpc) is 2.45. The molecule has 2 aromatic carbocycles. The van der Waals surface area contributed by atoms with Gasteiger partial charge in [0.15, 0.2) is 17.5 Å². The molecule has 1 unspecified atom stereocenters. The molecule has 1 N–H and O–H groups in total. The lowest BCUT2D eigenvalue weighted by Crippen LogP contribution is -2.27. The third-order valence-electron chi connectivity index (χ3n) is 3.18. The van der Waals surface area contributed by atoms with Crippen molar-refractivity contribution in [2.75, 3.05) is 0 Å². The Hall–Kier alpha value is -1.52. The molecule has 5 heteroatoms. The lowest BCUT2D eigenvalue weighted by molar-refractivity contribution is 0.443. The smallest absolute Gasteiger partial charge is 0.194 e. The standard InChI is InChI=1S/C16H15ClF3N/c1-10(6-12-4-2-3-5-13(12)17)21-9-11-7-14(18)16(20)15(19)8-11/h2-5,7-8,10,21H,6,9H2,1H3. The summed E-state index contributed by atoms with van der Waals surface area (Å²) < 4.78 is 39.1. The van der Waals surface area contributed by atoms with Gasteiger partial charge in [0.05, 0.1) is 0 Å². The van der Waals surface area contributed by atoms with Crippen LogP contribution in [0.15, 0.2) is 36.4 Å². The Morgan fingerprint density at radius 2 is 1.71 bits per heavy atom. The van der Waals surface area contributed by atoms with Crippen LogP contribution in [0.5, 0.6) is 0 Å². The highest BCUT2D eigenvalue weighted by Crippen LogP contribution is 2.17. The Labute approximate surface area is 126 Å². The van der Waals surface area contributed by atoms with Crippen molar-refractivity contribution in [2.45, 2.75) is 25.9 Å². The zero-order valence-corrected chi connectivity index (χ0v) is 12.2. The van der Waals surface area contributed by atoms with Crippen LogP contribution < -0.4 is 5.32 Å². The van der Waals surface area contributed by atoms with Gasteiger partial charge in [-0.2, -0.15) is 0 Å². The summed E-state index contributed by atoms with van der Waals surface area (Å²) in [7, 11) is 0. The molecule has 0 bridgehead atoms. The highest BCUT2D eigenvalue weighted by molar-refractivity contribution is 6.31. The van der Waals surface area contributed by atoms with Crippen molar-refractivity contribution in [3.05, 3.63) is 70.0 Å². The molecule has 21 heavy (non-hydrogen) atoms. The van der Waals surface area contributed by atoms with Gasteiger partial charge in [0.2, 0.25) is 0 Å². The molecule has 0 aliphatic carbocycles. The van der Waals surface area contributed by atoms with Gasteiger partial charge >= 0.3 is 0 Å². The Morgan fingerprint density at radius 1 is 1.10 bits per heavy atom. The van der Waals surface area contributed by atoms with Crippen LogP contribution in [-0.2, 0) is 13.0 Å². The third kappa shape index (κ3) is 4.22. The second-order valence-electron chi connectivity index (χ2n) is 4.95. The van der Waals surface area contributed by atoms with E-state index >= 15 is 0 Å². The summed E-state index contributed by atoms with van der Waals surface area (Å²) in [4.78, 5) is 0. The van der Waals surface area contributed by atoms with Gasteiger partial charge in [-0.05, 0) is 42.7 Å². The summed E-state index contributed by atoms with van der Waals surface area (Å²) in [6, 6.07) is 9.54. The molecule has 0 saturated carbocycles. The quantitative estimate of drug-likeness (QED) is 0.803. The Balaban J connectivity index is 1.95. The van der Waals surface area contributed by atoms with E-state index in [0.29, 0.717) is 17.0 Å². The molecule has 0 heterocycles. The van der Waals surface area contributed by atoms with Crippen LogP contribution in [0.2, 0.25) is 5.02 Å². The monoisotopic (exact) mass is 313 g/mol. The number of benzene rings is 2. The highest BCUT2D eigenvalue weighted by Gasteiger charge is 2.11. The van der Waals surface area contributed by atoms with Gasteiger partial charge in [0, 0.05) is 17.6 Å². The highest BCUT2D eigenvalue weighted by atomic mass is 35.5. The minimum Gasteiger partial charge on any atom is -0.310 e. The fraction of sp³-hybridized carbons (Fsp3) is 0.250. The van der Waals surface area contributed by atoms with Gasteiger partial charge in [0.1, 0.15) is 0 Å². The van der Waals surface area contributed by atoms with Gasteiger partial charge in [-0.1, -0.05) is 29.8 Å². The number of hydrogen-bond donors (Lipinski definition) is 1. The minimum absolute atomic E-state index is 0.0566. The number of rotatable bonds is 5. The maximum Gasteiger partial charge on any atom is 0.194 e. The third-order valence-corrected chi connectivity index (χ3v) is 3.55. The maximum atomic E-state index is 13.1. The molecular weight excluding hydrogens is 299 g/mol. The first-order chi connectivity index (χ1) is 9.97. The minimum atomic E-state index is -1.44. The first-order valence-electron chi connectivity index (χ1n) is 6.57. The van der Waals surface area contributed by atoms with E-state index in [9.17, 15) is 13.2 Å². The normalized spacial score (nSPS) is 12.4. The second-order valence-corrected chi connectivity index (χ2v) is 5.36. The predicted molar refractivity (Wildman–Crippen MR) is 77.8 cm³/mol. The lowest BCUT2D eigenvalue weighted by Gasteiger charge is -2.15. The van der Waals surface area contributed by atoms with Crippen LogP contribution in [-0.4, -0.2) is 6.04 Å². The summed E-state index contributed by atoms with van der Waals surface area (Å²) in [5.41, 5.74) is 1.35. The van der Waals surface area contributed by atoms with E-state index in [2.05, 4.69) is 5.32 Å². The second kappa shape index (κ2) is 6.96. The van der Waals surface area contributed by atoms with Crippen LogP contribution in [0.25, 0.3) is 0 Å². The summed E-state index contributed by atoms with van der Waals surface area (Å²) in [5.74, 6) is -3.79. The van der Waals surface area contributed by atoms with E-state index in [0.717, 1.165) is 17.7 Å². The van der Waals surface area contributed by atoms with Crippen molar-refractivity contribution < 1.29 is 13.2 Å². The molecule has 1 nitrogen and oxygen atoms in total. The Bertz CT molecular complexity index is 608. The topological polar surface area (TPSA) is 12.0 Å². The van der Waals surface area contributed by atoms with Gasteiger partial charge in [-0.15, -0.1) is 0 Å². The lowest BCUT2D eigenvalue weighted by atomic mass is 10.1. The maximum absolute atomic E-state index is 13.1. The fourth-order valence-corrected chi connectivity index (χ4v) is 2.28. The fourth-order valence-electron chi connectivity index (χ4n) is 2.07. The molecule has 0 fully saturated rings. The largest absolute Gasteiger partial charge is 0.310 e. The molecule has 112 valence electrons. The summed E-state index contributed by atoms with van der Waals surface area (Å²) in [6.45, 7) is 2.19. The van der Waals surface area contributed by atoms with E-state index in [1.54, 1.807) is 0 Å². The van der Waals surface area contributed by atoms with Gasteiger partial charge < -0.3 is 5.32 Å². The number of nitrogens with one attached hydrogen (secondary N) is 1. The molecular formula is C16H15ClF3N. The first-order valence-corrected chi connectivity index (χ1v) is 6.95. The molecule has 1 atom stereocenters.